The van der Waals surface area contributed by atoms with Gasteiger partial charge >= 0.3 is 0 Å². The third kappa shape index (κ3) is 3.25. The van der Waals surface area contributed by atoms with Crippen LogP contribution < -0.4 is 10.5 Å². The van der Waals surface area contributed by atoms with E-state index in [0.717, 1.165) is 41.8 Å². The van der Waals surface area contributed by atoms with Gasteiger partial charge in [0.2, 0.25) is 0 Å². The van der Waals surface area contributed by atoms with E-state index >= 15 is 0 Å². The van der Waals surface area contributed by atoms with Crippen molar-refractivity contribution in [3.8, 4) is 5.75 Å². The fraction of sp³-hybridized carbons (Fsp3) is 0.571. The fourth-order valence-corrected chi connectivity index (χ4v) is 2.99. The lowest BCUT2D eigenvalue weighted by Crippen LogP contribution is -2.27. The minimum Gasteiger partial charge on any atom is -0.494 e. The molecule has 0 bridgehead atoms. The van der Waals surface area contributed by atoms with Gasteiger partial charge in [0.25, 0.3) is 0 Å². The maximum absolute atomic E-state index is 6.37. The van der Waals surface area contributed by atoms with E-state index in [1.165, 1.54) is 0 Å². The quantitative estimate of drug-likeness (QED) is 0.927. The van der Waals surface area contributed by atoms with Crippen LogP contribution in [0.1, 0.15) is 31.4 Å². The summed E-state index contributed by atoms with van der Waals surface area (Å²) in [7, 11) is 0. The van der Waals surface area contributed by atoms with Gasteiger partial charge in [0.05, 0.1) is 6.61 Å². The first kappa shape index (κ1) is 13.8. The Morgan fingerprint density at radius 2 is 2.17 bits per heavy atom. The second-order valence-corrected chi connectivity index (χ2v) is 5.45. The lowest BCUT2D eigenvalue weighted by molar-refractivity contribution is 0.0583. The molecule has 1 fully saturated rings. The van der Waals surface area contributed by atoms with Crippen LogP contribution >= 0.6 is 15.9 Å². The molecule has 1 aliphatic rings. The van der Waals surface area contributed by atoms with E-state index < -0.39 is 0 Å². The molecule has 0 radical (unpaired) electrons. The molecule has 1 heterocycles. The first-order chi connectivity index (χ1) is 8.72. The summed E-state index contributed by atoms with van der Waals surface area (Å²) in [4.78, 5) is 0. The van der Waals surface area contributed by atoms with Crippen molar-refractivity contribution < 1.29 is 9.47 Å². The first-order valence-electron chi connectivity index (χ1n) is 6.48. The number of halogens is 1. The largest absolute Gasteiger partial charge is 0.494 e. The molecular weight excluding hydrogens is 294 g/mol. The van der Waals surface area contributed by atoms with E-state index in [1.54, 1.807) is 0 Å². The summed E-state index contributed by atoms with van der Waals surface area (Å²) in [5, 5.41) is 0. The highest BCUT2D eigenvalue weighted by Crippen LogP contribution is 2.34. The molecule has 0 amide bonds. The average molecular weight is 314 g/mol. The van der Waals surface area contributed by atoms with E-state index in [-0.39, 0.29) is 6.04 Å². The van der Waals surface area contributed by atoms with Crippen LogP contribution in [0.2, 0.25) is 0 Å². The standard InChI is InChI=1S/C14H20BrNO2/c1-2-18-11-3-4-12(13(15)9-11)14(16)10-5-7-17-8-6-10/h3-4,9-10,14H,2,5-8,16H2,1H3. The van der Waals surface area contributed by atoms with Crippen LogP contribution in [0.25, 0.3) is 0 Å². The number of ether oxygens (including phenoxy) is 2. The lowest BCUT2D eigenvalue weighted by Gasteiger charge is -2.28. The summed E-state index contributed by atoms with van der Waals surface area (Å²) in [5.41, 5.74) is 7.53. The number of hydrogen-bond donors (Lipinski definition) is 1. The van der Waals surface area contributed by atoms with E-state index in [1.807, 2.05) is 19.1 Å². The minimum absolute atomic E-state index is 0.0685. The predicted molar refractivity (Wildman–Crippen MR) is 75.8 cm³/mol. The van der Waals surface area contributed by atoms with E-state index in [9.17, 15) is 0 Å². The van der Waals surface area contributed by atoms with Crippen molar-refractivity contribution in [2.75, 3.05) is 19.8 Å². The molecular formula is C14H20BrNO2. The minimum atomic E-state index is 0.0685. The normalized spacial score (nSPS) is 18.6. The lowest BCUT2D eigenvalue weighted by atomic mass is 9.88. The molecule has 18 heavy (non-hydrogen) atoms. The highest BCUT2D eigenvalue weighted by molar-refractivity contribution is 9.10. The Morgan fingerprint density at radius 1 is 1.44 bits per heavy atom. The summed E-state index contributed by atoms with van der Waals surface area (Å²) in [6.45, 7) is 4.31. The van der Waals surface area contributed by atoms with E-state index in [2.05, 4.69) is 22.0 Å². The molecule has 1 aromatic rings. The van der Waals surface area contributed by atoms with E-state index in [4.69, 9.17) is 15.2 Å². The SMILES string of the molecule is CCOc1ccc(C(N)C2CCOCC2)c(Br)c1. The van der Waals surface area contributed by atoms with E-state index in [0.29, 0.717) is 12.5 Å². The molecule has 100 valence electrons. The number of rotatable bonds is 4. The van der Waals surface area contributed by atoms with Gasteiger partial charge in [0, 0.05) is 23.7 Å². The van der Waals surface area contributed by atoms with Crippen LogP contribution in [0.15, 0.2) is 22.7 Å². The molecule has 2 N–H and O–H groups in total. The van der Waals surface area contributed by atoms with Gasteiger partial charge in [-0.2, -0.15) is 0 Å². The Morgan fingerprint density at radius 3 is 2.78 bits per heavy atom. The zero-order valence-corrected chi connectivity index (χ0v) is 12.3. The monoisotopic (exact) mass is 313 g/mol. The van der Waals surface area contributed by atoms with Crippen molar-refractivity contribution in [1.29, 1.82) is 0 Å². The van der Waals surface area contributed by atoms with Crippen LogP contribution in [-0.2, 0) is 4.74 Å². The van der Waals surface area contributed by atoms with Crippen molar-refractivity contribution in [2.24, 2.45) is 11.7 Å². The molecule has 1 aromatic carbocycles. The summed E-state index contributed by atoms with van der Waals surface area (Å²) in [6.07, 6.45) is 2.08. The zero-order valence-electron chi connectivity index (χ0n) is 10.7. The molecule has 1 saturated heterocycles. The van der Waals surface area contributed by atoms with Crippen molar-refractivity contribution >= 4 is 15.9 Å². The van der Waals surface area contributed by atoms with Gasteiger partial charge in [-0.15, -0.1) is 0 Å². The number of hydrogen-bond acceptors (Lipinski definition) is 3. The fourth-order valence-electron chi connectivity index (χ4n) is 2.36. The summed E-state index contributed by atoms with van der Waals surface area (Å²) >= 11 is 3.59. The van der Waals surface area contributed by atoms with Crippen LogP contribution in [-0.4, -0.2) is 19.8 Å². The molecule has 0 aliphatic carbocycles. The van der Waals surface area contributed by atoms with Crippen LogP contribution in [0.4, 0.5) is 0 Å². The Hall–Kier alpha value is -0.580. The first-order valence-corrected chi connectivity index (χ1v) is 7.27. The Kier molecular flexibility index (Phi) is 5.03. The third-order valence-electron chi connectivity index (χ3n) is 3.42. The maximum atomic E-state index is 6.37. The number of benzene rings is 1. The van der Waals surface area contributed by atoms with Crippen LogP contribution in [0.5, 0.6) is 5.75 Å². The molecule has 0 spiro atoms. The molecule has 0 saturated carbocycles. The average Bonchev–Trinajstić information content (AvgIpc) is 2.40. The summed E-state index contributed by atoms with van der Waals surface area (Å²) < 4.78 is 11.9. The molecule has 1 atom stereocenters. The number of nitrogens with two attached hydrogens (primary N) is 1. The molecule has 1 unspecified atom stereocenters. The predicted octanol–water partition coefficient (Wildman–Crippen LogP) is 3.27. The van der Waals surface area contributed by atoms with Crippen LogP contribution in [0.3, 0.4) is 0 Å². The van der Waals surface area contributed by atoms with Crippen molar-refractivity contribution in [1.82, 2.24) is 0 Å². The second kappa shape index (κ2) is 6.55. The summed E-state index contributed by atoms with van der Waals surface area (Å²) in [5.74, 6) is 1.39. The molecule has 2 rings (SSSR count). The third-order valence-corrected chi connectivity index (χ3v) is 4.10. The maximum Gasteiger partial charge on any atom is 0.120 e. The molecule has 4 heteroatoms. The van der Waals surface area contributed by atoms with Gasteiger partial charge < -0.3 is 15.2 Å². The van der Waals surface area contributed by atoms with Gasteiger partial charge in [-0.25, -0.2) is 0 Å². The van der Waals surface area contributed by atoms with Gasteiger partial charge in [-0.3, -0.25) is 0 Å². The molecule has 3 nitrogen and oxygen atoms in total. The highest BCUT2D eigenvalue weighted by atomic mass is 79.9. The smallest absolute Gasteiger partial charge is 0.120 e. The van der Waals surface area contributed by atoms with Gasteiger partial charge in [0.1, 0.15) is 5.75 Å². The molecule has 0 aromatic heterocycles. The topological polar surface area (TPSA) is 44.5 Å². The van der Waals surface area contributed by atoms with Gasteiger partial charge in [0.15, 0.2) is 0 Å². The van der Waals surface area contributed by atoms with Gasteiger partial charge in [-0.1, -0.05) is 22.0 Å². The Balaban J connectivity index is 2.11. The Labute approximate surface area is 117 Å². The highest BCUT2D eigenvalue weighted by Gasteiger charge is 2.23. The van der Waals surface area contributed by atoms with Crippen molar-refractivity contribution in [3.05, 3.63) is 28.2 Å². The van der Waals surface area contributed by atoms with Crippen molar-refractivity contribution in [2.45, 2.75) is 25.8 Å². The van der Waals surface area contributed by atoms with Gasteiger partial charge in [-0.05, 0) is 43.4 Å². The van der Waals surface area contributed by atoms with Crippen molar-refractivity contribution in [3.63, 3.8) is 0 Å². The molecule has 1 aliphatic heterocycles. The zero-order chi connectivity index (χ0) is 13.0. The summed E-state index contributed by atoms with van der Waals surface area (Å²) in [6, 6.07) is 6.12. The van der Waals surface area contributed by atoms with Crippen LogP contribution in [0, 0.1) is 5.92 Å². The second-order valence-electron chi connectivity index (χ2n) is 4.59. The Bertz CT molecular complexity index is 391.